The molecule has 6 heteroatoms. The molecule has 0 aliphatic carbocycles. The zero-order valence-corrected chi connectivity index (χ0v) is 13.4. The fraction of sp³-hybridized carbons (Fsp3) is 0.500. The number of nitrogens with zero attached hydrogens (tertiary/aromatic N) is 2. The van der Waals surface area contributed by atoms with Gasteiger partial charge in [0.05, 0.1) is 11.9 Å². The summed E-state index contributed by atoms with van der Waals surface area (Å²) in [5, 5.41) is 3.00. The van der Waals surface area contributed by atoms with Crippen LogP contribution >= 0.6 is 0 Å². The highest BCUT2D eigenvalue weighted by Gasteiger charge is 2.22. The van der Waals surface area contributed by atoms with E-state index < -0.39 is 0 Å². The van der Waals surface area contributed by atoms with Crippen LogP contribution in [0.3, 0.4) is 0 Å². The highest BCUT2D eigenvalue weighted by Crippen LogP contribution is 2.15. The predicted octanol–water partition coefficient (Wildman–Crippen LogP) is 1.93. The number of amides is 1. The molecule has 0 aliphatic rings. The van der Waals surface area contributed by atoms with Crippen molar-refractivity contribution >= 4 is 5.91 Å². The highest BCUT2D eigenvalue weighted by molar-refractivity contribution is 5.80. The van der Waals surface area contributed by atoms with Crippen molar-refractivity contribution in [3.05, 3.63) is 42.7 Å². The van der Waals surface area contributed by atoms with E-state index >= 15 is 0 Å². The van der Waals surface area contributed by atoms with Gasteiger partial charge in [-0.05, 0) is 32.4 Å². The van der Waals surface area contributed by atoms with Gasteiger partial charge in [-0.1, -0.05) is 0 Å². The molecule has 1 amide bonds. The topological polar surface area (TPSA) is 71.9 Å². The molecule has 0 bridgehead atoms. The smallest absolute Gasteiger partial charge is 0.243 e. The highest BCUT2D eigenvalue weighted by atomic mass is 16.5. The maximum Gasteiger partial charge on any atom is 0.243 e. The van der Waals surface area contributed by atoms with Gasteiger partial charge >= 0.3 is 0 Å². The van der Waals surface area contributed by atoms with Crippen LogP contribution < -0.4 is 5.32 Å². The molecule has 120 valence electrons. The molecule has 0 saturated carbocycles. The minimum atomic E-state index is -0.291. The third kappa shape index (κ3) is 4.46. The summed E-state index contributed by atoms with van der Waals surface area (Å²) in [5.74, 6) is -0.00213. The van der Waals surface area contributed by atoms with E-state index in [2.05, 4.69) is 15.3 Å². The van der Waals surface area contributed by atoms with E-state index in [0.717, 1.165) is 12.1 Å². The van der Waals surface area contributed by atoms with Crippen LogP contribution in [0.1, 0.15) is 32.0 Å². The average molecular weight is 304 g/mol. The summed E-state index contributed by atoms with van der Waals surface area (Å²) in [5.41, 5.74) is 0.700. The summed E-state index contributed by atoms with van der Waals surface area (Å²) in [6, 6.07) is 3.55. The van der Waals surface area contributed by atoms with Crippen LogP contribution in [0.25, 0.3) is 0 Å². The van der Waals surface area contributed by atoms with Crippen LogP contribution in [0.15, 0.2) is 37.1 Å². The van der Waals surface area contributed by atoms with E-state index in [4.69, 9.17) is 4.74 Å². The number of carbonyl (C=O) groups is 1. The van der Waals surface area contributed by atoms with E-state index in [0.29, 0.717) is 13.0 Å². The molecule has 2 heterocycles. The van der Waals surface area contributed by atoms with Gasteiger partial charge in [0.15, 0.2) is 0 Å². The summed E-state index contributed by atoms with van der Waals surface area (Å²) in [4.78, 5) is 19.6. The first-order chi connectivity index (χ1) is 10.5. The Kier molecular flexibility index (Phi) is 5.38. The van der Waals surface area contributed by atoms with Crippen LogP contribution in [0.4, 0.5) is 0 Å². The number of ether oxygens (including phenoxy) is 1. The lowest BCUT2D eigenvalue weighted by Crippen LogP contribution is -2.37. The van der Waals surface area contributed by atoms with Crippen LogP contribution in [0.2, 0.25) is 0 Å². The van der Waals surface area contributed by atoms with Gasteiger partial charge in [-0.2, -0.15) is 0 Å². The molecule has 1 atom stereocenters. The van der Waals surface area contributed by atoms with Gasteiger partial charge in [0.2, 0.25) is 5.91 Å². The first-order valence-electron chi connectivity index (χ1n) is 7.44. The molecule has 0 fully saturated rings. The van der Waals surface area contributed by atoms with Crippen molar-refractivity contribution in [3.63, 3.8) is 0 Å². The SMILES string of the molecule is COC(C)(C)CCNC(=O)C(Cc1cnc[nH]1)n1cccc1. The van der Waals surface area contributed by atoms with Crippen molar-refractivity contribution in [2.75, 3.05) is 13.7 Å². The van der Waals surface area contributed by atoms with E-state index in [-0.39, 0.29) is 17.6 Å². The number of H-pyrrole nitrogens is 1. The van der Waals surface area contributed by atoms with Gasteiger partial charge in [0, 0.05) is 44.4 Å². The number of aromatic nitrogens is 3. The molecule has 2 N–H and O–H groups in total. The fourth-order valence-electron chi connectivity index (χ4n) is 2.20. The van der Waals surface area contributed by atoms with Gasteiger partial charge < -0.3 is 19.6 Å². The second-order valence-electron chi connectivity index (χ2n) is 5.93. The van der Waals surface area contributed by atoms with Crippen molar-refractivity contribution in [2.24, 2.45) is 0 Å². The average Bonchev–Trinajstić information content (AvgIpc) is 3.17. The third-order valence-electron chi connectivity index (χ3n) is 3.84. The maximum absolute atomic E-state index is 12.5. The van der Waals surface area contributed by atoms with Crippen LogP contribution in [-0.2, 0) is 16.0 Å². The molecule has 0 aromatic carbocycles. The Balaban J connectivity index is 1.98. The molecule has 0 aliphatic heterocycles. The predicted molar refractivity (Wildman–Crippen MR) is 84.5 cm³/mol. The molecular formula is C16H24N4O2. The largest absolute Gasteiger partial charge is 0.379 e. The summed E-state index contributed by atoms with van der Waals surface area (Å²) < 4.78 is 7.28. The van der Waals surface area contributed by atoms with Crippen molar-refractivity contribution in [1.82, 2.24) is 19.9 Å². The molecule has 22 heavy (non-hydrogen) atoms. The molecule has 0 radical (unpaired) electrons. The molecule has 6 nitrogen and oxygen atoms in total. The molecule has 0 saturated heterocycles. The third-order valence-corrected chi connectivity index (χ3v) is 3.84. The van der Waals surface area contributed by atoms with Crippen molar-refractivity contribution < 1.29 is 9.53 Å². The number of imidazole rings is 1. The Morgan fingerprint density at radius 1 is 1.45 bits per heavy atom. The number of nitrogens with one attached hydrogen (secondary N) is 2. The van der Waals surface area contributed by atoms with Crippen molar-refractivity contribution in [1.29, 1.82) is 0 Å². The van der Waals surface area contributed by atoms with Crippen LogP contribution in [-0.4, -0.2) is 39.7 Å². The van der Waals surface area contributed by atoms with Gasteiger partial charge in [0.1, 0.15) is 6.04 Å². The molecule has 2 aromatic rings. The minimum Gasteiger partial charge on any atom is -0.379 e. The number of hydrogen-bond donors (Lipinski definition) is 2. The number of methoxy groups -OCH3 is 1. The second-order valence-corrected chi connectivity index (χ2v) is 5.93. The van der Waals surface area contributed by atoms with E-state index in [1.54, 1.807) is 19.6 Å². The Morgan fingerprint density at radius 2 is 2.18 bits per heavy atom. The standard InChI is InChI=1S/C16H24N4O2/c1-16(2,22-3)6-7-18-15(21)14(20-8-4-5-9-20)10-13-11-17-12-19-13/h4-5,8-9,11-12,14H,6-7,10H2,1-3H3,(H,17,19)(H,18,21). The molecule has 2 aromatic heterocycles. The fourth-order valence-corrected chi connectivity index (χ4v) is 2.20. The number of rotatable bonds is 8. The van der Waals surface area contributed by atoms with Crippen LogP contribution in [0.5, 0.6) is 0 Å². The van der Waals surface area contributed by atoms with E-state index in [9.17, 15) is 4.79 Å². The lowest BCUT2D eigenvalue weighted by atomic mass is 10.1. The first kappa shape index (κ1) is 16.3. The summed E-state index contributed by atoms with van der Waals surface area (Å²) in [6.45, 7) is 4.60. The quantitative estimate of drug-likeness (QED) is 0.782. The maximum atomic E-state index is 12.5. The van der Waals surface area contributed by atoms with Crippen molar-refractivity contribution in [2.45, 2.75) is 38.3 Å². The number of carbonyl (C=O) groups excluding carboxylic acids is 1. The van der Waals surface area contributed by atoms with Gasteiger partial charge in [-0.3, -0.25) is 4.79 Å². The normalized spacial score (nSPS) is 13.0. The molecule has 2 rings (SSSR count). The minimum absolute atomic E-state index is 0.00213. The Labute approximate surface area is 130 Å². The van der Waals surface area contributed by atoms with Crippen molar-refractivity contribution in [3.8, 4) is 0 Å². The lowest BCUT2D eigenvalue weighted by molar-refractivity contribution is -0.124. The first-order valence-corrected chi connectivity index (χ1v) is 7.44. The lowest BCUT2D eigenvalue weighted by Gasteiger charge is -2.24. The van der Waals surface area contributed by atoms with Gasteiger partial charge in [-0.25, -0.2) is 4.98 Å². The van der Waals surface area contributed by atoms with Crippen LogP contribution in [0, 0.1) is 0 Å². The number of aromatic amines is 1. The number of hydrogen-bond acceptors (Lipinski definition) is 3. The molecular weight excluding hydrogens is 280 g/mol. The van der Waals surface area contributed by atoms with Gasteiger partial charge in [0.25, 0.3) is 0 Å². The van der Waals surface area contributed by atoms with E-state index in [1.807, 2.05) is 42.9 Å². The Hall–Kier alpha value is -2.08. The van der Waals surface area contributed by atoms with Gasteiger partial charge in [-0.15, -0.1) is 0 Å². The Bertz CT molecular complexity index is 561. The van der Waals surface area contributed by atoms with E-state index in [1.165, 1.54) is 0 Å². The Morgan fingerprint density at radius 3 is 2.77 bits per heavy atom. The molecule has 0 spiro atoms. The summed E-state index contributed by atoms with van der Waals surface area (Å²) in [7, 11) is 1.68. The summed E-state index contributed by atoms with van der Waals surface area (Å²) >= 11 is 0. The zero-order valence-electron chi connectivity index (χ0n) is 13.4. The monoisotopic (exact) mass is 304 g/mol. The summed E-state index contributed by atoms with van der Waals surface area (Å²) in [6.07, 6.45) is 8.52. The zero-order chi connectivity index (χ0) is 16.0. The molecule has 1 unspecified atom stereocenters. The second kappa shape index (κ2) is 7.26.